The number of rotatable bonds is 2. The van der Waals surface area contributed by atoms with Gasteiger partial charge in [0, 0.05) is 24.8 Å². The number of methoxy groups -OCH3 is 1. The number of anilines is 2. The summed E-state index contributed by atoms with van der Waals surface area (Å²) < 4.78 is 11.1. The van der Waals surface area contributed by atoms with Crippen LogP contribution in [0.15, 0.2) is 18.2 Å². The number of nitrogen functional groups attached to an aromatic ring is 1. The van der Waals surface area contributed by atoms with Gasteiger partial charge in [-0.05, 0) is 26.0 Å². The summed E-state index contributed by atoms with van der Waals surface area (Å²) >= 11 is 0. The molecule has 0 unspecified atom stereocenters. The van der Waals surface area contributed by atoms with E-state index in [4.69, 9.17) is 15.2 Å². The van der Waals surface area contributed by atoms with Gasteiger partial charge in [-0.3, -0.25) is 0 Å². The third-order valence-electron chi connectivity index (χ3n) is 2.96. The second kappa shape index (κ2) is 4.84. The van der Waals surface area contributed by atoms with Gasteiger partial charge >= 0.3 is 0 Å². The van der Waals surface area contributed by atoms with Crippen LogP contribution in [0.2, 0.25) is 0 Å². The van der Waals surface area contributed by atoms with Gasteiger partial charge in [-0.15, -0.1) is 0 Å². The predicted molar refractivity (Wildman–Crippen MR) is 69.6 cm³/mol. The fraction of sp³-hybridized carbons (Fsp3) is 0.538. The van der Waals surface area contributed by atoms with E-state index in [1.165, 1.54) is 0 Å². The van der Waals surface area contributed by atoms with Crippen molar-refractivity contribution >= 4 is 11.4 Å². The lowest BCUT2D eigenvalue weighted by Gasteiger charge is -2.37. The number of hydrogen-bond acceptors (Lipinski definition) is 4. The first-order valence-corrected chi connectivity index (χ1v) is 5.94. The molecule has 1 aliphatic rings. The van der Waals surface area contributed by atoms with Crippen molar-refractivity contribution in [2.45, 2.75) is 26.1 Å². The molecule has 1 aromatic rings. The molecule has 2 atom stereocenters. The molecule has 94 valence electrons. The number of nitrogens with two attached hydrogens (primary N) is 1. The molecule has 1 heterocycles. The van der Waals surface area contributed by atoms with E-state index in [2.05, 4.69) is 18.7 Å². The SMILES string of the molecule is COc1cc(N)ccc1N1C[C@@H](C)O[C@@H](C)C1. The van der Waals surface area contributed by atoms with Crippen molar-refractivity contribution in [2.24, 2.45) is 0 Å². The molecule has 0 spiro atoms. The highest BCUT2D eigenvalue weighted by atomic mass is 16.5. The second-order valence-electron chi connectivity index (χ2n) is 4.59. The number of benzene rings is 1. The highest BCUT2D eigenvalue weighted by molar-refractivity contribution is 5.64. The van der Waals surface area contributed by atoms with E-state index in [0.29, 0.717) is 0 Å². The molecule has 0 radical (unpaired) electrons. The van der Waals surface area contributed by atoms with Crippen LogP contribution in [0.4, 0.5) is 11.4 Å². The number of hydrogen-bond donors (Lipinski definition) is 1. The molecule has 2 N–H and O–H groups in total. The van der Waals surface area contributed by atoms with Gasteiger partial charge < -0.3 is 20.1 Å². The standard InChI is InChI=1S/C13H20N2O2/c1-9-7-15(8-10(2)17-9)12-5-4-11(14)6-13(12)16-3/h4-6,9-10H,7-8,14H2,1-3H3/t9-,10+. The van der Waals surface area contributed by atoms with E-state index in [0.717, 1.165) is 30.2 Å². The summed E-state index contributed by atoms with van der Waals surface area (Å²) in [7, 11) is 1.67. The van der Waals surface area contributed by atoms with Gasteiger partial charge in [-0.2, -0.15) is 0 Å². The third-order valence-corrected chi connectivity index (χ3v) is 2.96. The van der Waals surface area contributed by atoms with Crippen LogP contribution < -0.4 is 15.4 Å². The molecule has 0 aromatic heterocycles. The monoisotopic (exact) mass is 236 g/mol. The highest BCUT2D eigenvalue weighted by Gasteiger charge is 2.24. The molecular formula is C13H20N2O2. The fourth-order valence-electron chi connectivity index (χ4n) is 2.33. The zero-order valence-electron chi connectivity index (χ0n) is 10.6. The molecule has 2 rings (SSSR count). The van der Waals surface area contributed by atoms with Crippen LogP contribution in [0.5, 0.6) is 5.75 Å². The number of nitrogens with zero attached hydrogens (tertiary/aromatic N) is 1. The van der Waals surface area contributed by atoms with Crippen molar-refractivity contribution in [1.29, 1.82) is 0 Å². The predicted octanol–water partition coefficient (Wildman–Crippen LogP) is 1.89. The second-order valence-corrected chi connectivity index (χ2v) is 4.59. The molecule has 0 saturated carbocycles. The highest BCUT2D eigenvalue weighted by Crippen LogP contribution is 2.32. The lowest BCUT2D eigenvalue weighted by Crippen LogP contribution is -2.45. The van der Waals surface area contributed by atoms with Gasteiger partial charge in [0.1, 0.15) is 5.75 Å². The lowest BCUT2D eigenvalue weighted by atomic mass is 10.1. The molecule has 0 aliphatic carbocycles. The molecule has 1 aromatic carbocycles. The van der Waals surface area contributed by atoms with Crippen molar-refractivity contribution in [3.05, 3.63) is 18.2 Å². The summed E-state index contributed by atoms with van der Waals surface area (Å²) in [5, 5.41) is 0. The first-order valence-electron chi connectivity index (χ1n) is 5.94. The van der Waals surface area contributed by atoms with Gasteiger partial charge in [-0.25, -0.2) is 0 Å². The number of ether oxygens (including phenoxy) is 2. The van der Waals surface area contributed by atoms with Gasteiger partial charge in [0.25, 0.3) is 0 Å². The van der Waals surface area contributed by atoms with E-state index >= 15 is 0 Å². The van der Waals surface area contributed by atoms with Crippen LogP contribution in [-0.4, -0.2) is 32.4 Å². The molecule has 4 heteroatoms. The Morgan fingerprint density at radius 2 is 1.94 bits per heavy atom. The Kier molecular flexibility index (Phi) is 3.43. The van der Waals surface area contributed by atoms with Crippen LogP contribution in [0, 0.1) is 0 Å². The van der Waals surface area contributed by atoms with Crippen molar-refractivity contribution in [3.63, 3.8) is 0 Å². The Labute approximate surface area is 102 Å². The first-order chi connectivity index (χ1) is 8.10. The summed E-state index contributed by atoms with van der Waals surface area (Å²) in [5.74, 6) is 0.825. The van der Waals surface area contributed by atoms with Crippen molar-refractivity contribution in [3.8, 4) is 5.75 Å². The van der Waals surface area contributed by atoms with Crippen LogP contribution in [-0.2, 0) is 4.74 Å². The third kappa shape index (κ3) is 2.64. The smallest absolute Gasteiger partial charge is 0.144 e. The summed E-state index contributed by atoms with van der Waals surface area (Å²) in [5.41, 5.74) is 7.57. The van der Waals surface area contributed by atoms with Crippen LogP contribution in [0.3, 0.4) is 0 Å². The minimum Gasteiger partial charge on any atom is -0.495 e. The van der Waals surface area contributed by atoms with Gasteiger partial charge in [-0.1, -0.05) is 0 Å². The Bertz CT molecular complexity index is 385. The summed E-state index contributed by atoms with van der Waals surface area (Å²) in [4.78, 5) is 2.29. The van der Waals surface area contributed by atoms with E-state index in [1.54, 1.807) is 7.11 Å². The van der Waals surface area contributed by atoms with E-state index in [-0.39, 0.29) is 12.2 Å². The van der Waals surface area contributed by atoms with Gasteiger partial charge in [0.05, 0.1) is 25.0 Å². The lowest BCUT2D eigenvalue weighted by molar-refractivity contribution is -0.00532. The fourth-order valence-corrected chi connectivity index (χ4v) is 2.33. The minimum atomic E-state index is 0.237. The van der Waals surface area contributed by atoms with E-state index < -0.39 is 0 Å². The van der Waals surface area contributed by atoms with Crippen molar-refractivity contribution in [2.75, 3.05) is 30.8 Å². The topological polar surface area (TPSA) is 47.7 Å². The van der Waals surface area contributed by atoms with Crippen molar-refractivity contribution in [1.82, 2.24) is 0 Å². The Balaban J connectivity index is 2.26. The molecule has 1 saturated heterocycles. The van der Waals surface area contributed by atoms with Crippen molar-refractivity contribution < 1.29 is 9.47 Å². The van der Waals surface area contributed by atoms with Crippen LogP contribution >= 0.6 is 0 Å². The molecule has 1 aliphatic heterocycles. The largest absolute Gasteiger partial charge is 0.495 e. The van der Waals surface area contributed by atoms with E-state index in [9.17, 15) is 0 Å². The Morgan fingerprint density at radius 1 is 1.29 bits per heavy atom. The maximum absolute atomic E-state index is 5.76. The normalized spacial score (nSPS) is 24.8. The van der Waals surface area contributed by atoms with Crippen LogP contribution in [0.25, 0.3) is 0 Å². The minimum absolute atomic E-state index is 0.237. The van der Waals surface area contributed by atoms with Gasteiger partial charge in [0.15, 0.2) is 0 Å². The molecule has 0 bridgehead atoms. The molecule has 4 nitrogen and oxygen atoms in total. The van der Waals surface area contributed by atoms with Gasteiger partial charge in [0.2, 0.25) is 0 Å². The quantitative estimate of drug-likeness (QED) is 0.797. The first kappa shape index (κ1) is 12.0. The Morgan fingerprint density at radius 3 is 2.53 bits per heavy atom. The zero-order chi connectivity index (χ0) is 12.4. The summed E-state index contributed by atoms with van der Waals surface area (Å²) in [6, 6.07) is 5.78. The number of morpholine rings is 1. The summed E-state index contributed by atoms with van der Waals surface area (Å²) in [6.07, 6.45) is 0.474. The zero-order valence-corrected chi connectivity index (χ0v) is 10.6. The Hall–Kier alpha value is -1.42. The summed E-state index contributed by atoms with van der Waals surface area (Å²) in [6.45, 7) is 5.94. The molecule has 17 heavy (non-hydrogen) atoms. The maximum atomic E-state index is 5.76. The average molecular weight is 236 g/mol. The maximum Gasteiger partial charge on any atom is 0.144 e. The molecular weight excluding hydrogens is 216 g/mol. The average Bonchev–Trinajstić information content (AvgIpc) is 2.27. The molecule has 1 fully saturated rings. The molecule has 0 amide bonds. The van der Waals surface area contributed by atoms with Crippen LogP contribution in [0.1, 0.15) is 13.8 Å². The van der Waals surface area contributed by atoms with E-state index in [1.807, 2.05) is 18.2 Å².